The first-order valence-electron chi connectivity index (χ1n) is 11.5. The van der Waals surface area contributed by atoms with E-state index in [1.807, 2.05) is 0 Å². The molecule has 0 aliphatic rings. The molecule has 3 nitrogen and oxygen atoms in total. The molecule has 0 bridgehead atoms. The smallest absolute Gasteiger partial charge is 0.118 e. The molecule has 0 radical (unpaired) electrons. The van der Waals surface area contributed by atoms with Gasteiger partial charge in [-0.15, -0.1) is 0 Å². The third kappa shape index (κ3) is 8.43. The van der Waals surface area contributed by atoms with Crippen molar-refractivity contribution in [2.24, 2.45) is 0 Å². The van der Waals surface area contributed by atoms with Gasteiger partial charge in [0.15, 0.2) is 0 Å². The minimum Gasteiger partial charge on any atom is -0.497 e. The summed E-state index contributed by atoms with van der Waals surface area (Å²) in [4.78, 5) is 0. The largest absolute Gasteiger partial charge is 0.497 e. The number of benzene rings is 2. The first-order valence-corrected chi connectivity index (χ1v) is 11.5. The van der Waals surface area contributed by atoms with Crippen molar-refractivity contribution in [3.8, 4) is 11.5 Å². The number of ether oxygens (including phenoxy) is 2. The molecular weight excluding hydrogens is 369 g/mol. The second-order valence-corrected chi connectivity index (χ2v) is 9.76. The molecule has 0 fully saturated rings. The second kappa shape index (κ2) is 12.7. The van der Waals surface area contributed by atoms with E-state index in [0.717, 1.165) is 16.0 Å². The van der Waals surface area contributed by atoms with E-state index < -0.39 is 6.15 Å². The highest BCUT2D eigenvalue weighted by Gasteiger charge is 2.27. The van der Waals surface area contributed by atoms with Crippen LogP contribution in [0.1, 0.15) is 39.5 Å². The summed E-state index contributed by atoms with van der Waals surface area (Å²) in [6.07, 6.45) is 6.65. The zero-order valence-electron chi connectivity index (χ0n) is 20.7. The Hall–Kier alpha value is -1.94. The van der Waals surface area contributed by atoms with Crippen molar-refractivity contribution in [3.63, 3.8) is 0 Å². The average molecular weight is 413 g/mol. The number of methoxy groups -OCH3 is 2. The molecule has 0 heterocycles. The first kappa shape index (κ1) is 26.1. The van der Waals surface area contributed by atoms with Crippen molar-refractivity contribution in [2.45, 2.75) is 52.2 Å². The van der Waals surface area contributed by atoms with E-state index in [1.54, 1.807) is 14.2 Å². The molecule has 2 aromatic rings. The minimum atomic E-state index is -0.764. The van der Waals surface area contributed by atoms with Crippen LogP contribution in [-0.2, 0) is 0 Å². The summed E-state index contributed by atoms with van der Waals surface area (Å²) < 4.78 is 11.7. The van der Waals surface area contributed by atoms with Gasteiger partial charge in [0.1, 0.15) is 11.5 Å². The third-order valence-corrected chi connectivity index (χ3v) is 5.61. The molecule has 0 aliphatic heterocycles. The van der Waals surface area contributed by atoms with Gasteiger partial charge in [0.2, 0.25) is 0 Å². The fourth-order valence-corrected chi connectivity index (χ4v) is 4.05. The van der Waals surface area contributed by atoms with Gasteiger partial charge in [-0.05, 0) is 24.3 Å². The van der Waals surface area contributed by atoms with Crippen molar-refractivity contribution in [3.05, 3.63) is 48.5 Å². The number of nitrogens with zero attached hydrogens (tertiary/aromatic N) is 1. The van der Waals surface area contributed by atoms with Crippen molar-refractivity contribution >= 4 is 17.1 Å². The van der Waals surface area contributed by atoms with Crippen LogP contribution in [0.5, 0.6) is 11.5 Å². The molecule has 0 atom stereocenters. The van der Waals surface area contributed by atoms with Gasteiger partial charge in [-0.25, -0.2) is 10.9 Å². The average Bonchev–Trinajstić information content (AvgIpc) is 2.73. The van der Waals surface area contributed by atoms with E-state index in [9.17, 15) is 0 Å². The quantitative estimate of drug-likeness (QED) is 0.394. The number of quaternary nitrogens is 1. The predicted molar refractivity (Wildman–Crippen MR) is 134 cm³/mol. The number of hydrogen-bond acceptors (Lipinski definition) is 2. The van der Waals surface area contributed by atoms with E-state index >= 15 is 0 Å². The Morgan fingerprint density at radius 3 is 1.17 bits per heavy atom. The second-order valence-electron chi connectivity index (χ2n) is 9.76. The lowest BCUT2D eigenvalue weighted by molar-refractivity contribution is -0.849. The Kier molecular flexibility index (Phi) is 11.0. The van der Waals surface area contributed by atoms with Crippen molar-refractivity contribution < 1.29 is 14.0 Å². The fraction of sp³-hybridized carbons (Fsp3) is 0.538. The molecule has 0 spiro atoms. The van der Waals surface area contributed by atoms with Gasteiger partial charge >= 0.3 is 0 Å². The third-order valence-electron chi connectivity index (χ3n) is 5.61. The van der Waals surface area contributed by atoms with E-state index in [1.165, 1.54) is 49.2 Å². The molecule has 0 aromatic heterocycles. The van der Waals surface area contributed by atoms with E-state index in [2.05, 4.69) is 90.6 Å². The van der Waals surface area contributed by atoms with Crippen LogP contribution < -0.4 is 20.4 Å². The van der Waals surface area contributed by atoms with Crippen LogP contribution in [0.15, 0.2) is 48.5 Å². The molecule has 0 amide bonds. The minimum absolute atomic E-state index is 0.764. The van der Waals surface area contributed by atoms with Crippen LogP contribution in [-0.4, -0.2) is 53.0 Å². The molecule has 2 rings (SSSR count). The van der Waals surface area contributed by atoms with Gasteiger partial charge in [-0.3, -0.25) is 0 Å². The highest BCUT2D eigenvalue weighted by Crippen LogP contribution is 2.24. The maximum Gasteiger partial charge on any atom is 0.118 e. The summed E-state index contributed by atoms with van der Waals surface area (Å²) in [5, 5.41) is 0. The zero-order valence-corrected chi connectivity index (χ0v) is 20.7. The Morgan fingerprint density at radius 2 is 0.933 bits per heavy atom. The van der Waals surface area contributed by atoms with Crippen molar-refractivity contribution in [2.75, 3.05) is 42.4 Å². The van der Waals surface area contributed by atoms with Crippen LogP contribution in [0.25, 0.3) is 0 Å². The van der Waals surface area contributed by atoms with Gasteiger partial charge in [0.25, 0.3) is 0 Å². The molecule has 4 heteroatoms. The van der Waals surface area contributed by atoms with Gasteiger partial charge in [0, 0.05) is 0 Å². The fourth-order valence-electron chi connectivity index (χ4n) is 4.05. The summed E-state index contributed by atoms with van der Waals surface area (Å²) in [6.45, 7) is 4.56. The molecule has 0 aliphatic carbocycles. The van der Waals surface area contributed by atoms with Crippen molar-refractivity contribution in [1.29, 1.82) is 0 Å². The summed E-state index contributed by atoms with van der Waals surface area (Å²) >= 11 is 0. The molecule has 0 N–H and O–H groups in total. The Morgan fingerprint density at radius 1 is 0.633 bits per heavy atom. The summed E-state index contributed by atoms with van der Waals surface area (Å²) in [5.41, 5.74) is 2.90. The van der Waals surface area contributed by atoms with Crippen LogP contribution in [0, 0.1) is 0 Å². The SMILES string of the molecule is CCCC[B-](CCCC)(c1ccc(OC)cc1)c1ccc(OC)cc1.C[N+](C)(C)C. The molecule has 2 aromatic carbocycles. The maximum absolute atomic E-state index is 5.37. The molecule has 168 valence electrons. The molecule has 30 heavy (non-hydrogen) atoms. The van der Waals surface area contributed by atoms with Gasteiger partial charge in [-0.2, -0.15) is 12.6 Å². The number of hydrogen-bond donors (Lipinski definition) is 0. The van der Waals surface area contributed by atoms with Crippen LogP contribution in [0.4, 0.5) is 0 Å². The molecular formula is C26H44BNO2. The van der Waals surface area contributed by atoms with Gasteiger partial charge in [-0.1, -0.05) is 63.8 Å². The molecule has 0 saturated heterocycles. The molecule has 0 unspecified atom stereocenters. The topological polar surface area (TPSA) is 18.5 Å². The van der Waals surface area contributed by atoms with E-state index in [0.29, 0.717) is 0 Å². The van der Waals surface area contributed by atoms with Gasteiger partial charge in [0.05, 0.1) is 48.6 Å². The van der Waals surface area contributed by atoms with E-state index in [-0.39, 0.29) is 0 Å². The number of rotatable bonds is 10. The van der Waals surface area contributed by atoms with Crippen molar-refractivity contribution in [1.82, 2.24) is 0 Å². The standard InChI is InChI=1S/C22H32BO2.C4H12N/c1-5-7-17-23(18-8-6-2,19-9-13-21(24-3)14-10-19)20-11-15-22(25-4)16-12-20;1-5(2,3)4/h9-16H,5-8,17-18H2,1-4H3;1-4H3/q-1;+1. The zero-order chi connectivity index (χ0) is 22.6. The predicted octanol–water partition coefficient (Wildman–Crippen LogP) is 5.19. The highest BCUT2D eigenvalue weighted by atomic mass is 16.5. The van der Waals surface area contributed by atoms with E-state index in [4.69, 9.17) is 9.47 Å². The Bertz CT molecular complexity index is 642. The summed E-state index contributed by atoms with van der Waals surface area (Å²) in [5.74, 6) is 1.85. The maximum atomic E-state index is 5.37. The van der Waals surface area contributed by atoms with Gasteiger partial charge < -0.3 is 14.0 Å². The summed E-state index contributed by atoms with van der Waals surface area (Å²) in [6, 6.07) is 17.5. The first-order chi connectivity index (χ1) is 14.2. The monoisotopic (exact) mass is 413 g/mol. The Labute approximate surface area is 185 Å². The lowest BCUT2D eigenvalue weighted by Gasteiger charge is -2.42. The van der Waals surface area contributed by atoms with Crippen LogP contribution >= 0.6 is 0 Å². The van der Waals surface area contributed by atoms with Crippen LogP contribution in [0.3, 0.4) is 0 Å². The highest BCUT2D eigenvalue weighted by molar-refractivity contribution is 7.02. The summed E-state index contributed by atoms with van der Waals surface area (Å²) in [7, 11) is 12.0. The lowest BCUT2D eigenvalue weighted by Crippen LogP contribution is -2.58. The van der Waals surface area contributed by atoms with Crippen LogP contribution in [0.2, 0.25) is 12.6 Å². The molecule has 0 saturated carbocycles. The Balaban J connectivity index is 0.000000804. The number of unbranched alkanes of at least 4 members (excludes halogenated alkanes) is 2. The normalized spacial score (nSPS) is 11.5. The lowest BCUT2D eigenvalue weighted by atomic mass is 9.15.